The maximum absolute atomic E-state index is 12.9. The van der Waals surface area contributed by atoms with E-state index >= 15 is 0 Å². The van der Waals surface area contributed by atoms with Crippen molar-refractivity contribution >= 4 is 17.6 Å². The lowest BCUT2D eigenvalue weighted by Crippen LogP contribution is -2.59. The van der Waals surface area contributed by atoms with Gasteiger partial charge in [-0.2, -0.15) is 0 Å². The van der Waals surface area contributed by atoms with Crippen molar-refractivity contribution in [3.8, 4) is 0 Å². The molecule has 2 aliphatic rings. The van der Waals surface area contributed by atoms with Gasteiger partial charge in [-0.3, -0.25) is 9.69 Å². The molecule has 3 rings (SSSR count). The number of ether oxygens (including phenoxy) is 4. The van der Waals surface area contributed by atoms with Crippen LogP contribution in [0.3, 0.4) is 0 Å². The number of carbonyl (C=O) groups excluding carboxylic acids is 2. The third-order valence-electron chi connectivity index (χ3n) is 5.04. The maximum atomic E-state index is 12.9. The van der Waals surface area contributed by atoms with Gasteiger partial charge in [-0.05, 0) is 12.5 Å². The monoisotopic (exact) mass is 363 g/mol. The van der Waals surface area contributed by atoms with Crippen LogP contribution in [-0.4, -0.2) is 44.7 Å². The predicted molar refractivity (Wildman–Crippen MR) is 93.4 cm³/mol. The van der Waals surface area contributed by atoms with Crippen LogP contribution in [0.2, 0.25) is 0 Å². The summed E-state index contributed by atoms with van der Waals surface area (Å²) in [6.45, 7) is 3.98. The Balaban J connectivity index is 2.19. The molecular formula is C19H25NO6. The average molecular weight is 363 g/mol. The van der Waals surface area contributed by atoms with Gasteiger partial charge in [0, 0.05) is 26.2 Å². The number of nitrogens with zero attached hydrogens (tertiary/aromatic N) is 1. The van der Waals surface area contributed by atoms with Crippen LogP contribution < -0.4 is 4.90 Å². The molecule has 1 aromatic carbocycles. The summed E-state index contributed by atoms with van der Waals surface area (Å²) in [6, 6.07) is 7.15. The second kappa shape index (κ2) is 6.98. The van der Waals surface area contributed by atoms with Crippen molar-refractivity contribution < 1.29 is 28.5 Å². The molecule has 0 N–H and O–H groups in total. The Morgan fingerprint density at radius 2 is 2.04 bits per heavy atom. The van der Waals surface area contributed by atoms with Crippen LogP contribution in [-0.2, 0) is 34.1 Å². The first-order valence-electron chi connectivity index (χ1n) is 8.82. The topological polar surface area (TPSA) is 74.3 Å². The Hall–Kier alpha value is -1.96. The fourth-order valence-corrected chi connectivity index (χ4v) is 3.88. The Bertz CT molecular complexity index is 707. The van der Waals surface area contributed by atoms with Gasteiger partial charge in [-0.25, -0.2) is 4.79 Å². The number of amides is 1. The third kappa shape index (κ3) is 2.53. The highest BCUT2D eigenvalue weighted by Gasteiger charge is 2.70. The molecule has 2 heterocycles. The standard InChI is InChI=1S/C19H25NO6/c1-5-6-11-25-16-12-18(24-4)20(13(2)21)15-10-8-7-9-14(15)19(16,26-18)17(22)23-3/h7-10,16H,5-6,11-12H2,1-4H3. The Morgan fingerprint density at radius 1 is 1.31 bits per heavy atom. The number of hydrogen-bond donors (Lipinski definition) is 0. The molecule has 0 aromatic heterocycles. The predicted octanol–water partition coefficient (Wildman–Crippen LogP) is 2.33. The minimum atomic E-state index is -1.47. The molecular weight excluding hydrogens is 338 g/mol. The molecule has 3 unspecified atom stereocenters. The molecule has 0 radical (unpaired) electrons. The minimum Gasteiger partial charge on any atom is -0.467 e. The summed E-state index contributed by atoms with van der Waals surface area (Å²) in [7, 11) is 2.77. The minimum absolute atomic E-state index is 0.205. The summed E-state index contributed by atoms with van der Waals surface area (Å²) in [5, 5.41) is 0. The molecule has 1 aromatic rings. The van der Waals surface area contributed by atoms with Crippen LogP contribution in [0.25, 0.3) is 0 Å². The maximum Gasteiger partial charge on any atom is 0.345 e. The van der Waals surface area contributed by atoms with Crippen molar-refractivity contribution in [3.63, 3.8) is 0 Å². The zero-order chi connectivity index (χ0) is 18.9. The van der Waals surface area contributed by atoms with Gasteiger partial charge < -0.3 is 18.9 Å². The number of fused-ring (bicyclic) bond motifs is 4. The first kappa shape index (κ1) is 18.8. The molecule has 7 heteroatoms. The Kier molecular flexibility index (Phi) is 5.05. The van der Waals surface area contributed by atoms with Gasteiger partial charge in [-0.15, -0.1) is 0 Å². The van der Waals surface area contributed by atoms with Crippen LogP contribution in [0.5, 0.6) is 0 Å². The molecule has 0 aliphatic carbocycles. The van der Waals surface area contributed by atoms with Gasteiger partial charge in [0.2, 0.25) is 11.5 Å². The van der Waals surface area contributed by atoms with Crippen LogP contribution >= 0.6 is 0 Å². The van der Waals surface area contributed by atoms with Gasteiger partial charge in [0.25, 0.3) is 5.91 Å². The van der Waals surface area contributed by atoms with Gasteiger partial charge >= 0.3 is 5.97 Å². The summed E-state index contributed by atoms with van der Waals surface area (Å²) in [5.74, 6) is -2.22. The van der Waals surface area contributed by atoms with Gasteiger partial charge in [0.15, 0.2) is 0 Å². The van der Waals surface area contributed by atoms with Crippen LogP contribution in [0.4, 0.5) is 5.69 Å². The number of methoxy groups -OCH3 is 2. The summed E-state index contributed by atoms with van der Waals surface area (Å²) >= 11 is 0. The first-order valence-corrected chi connectivity index (χ1v) is 8.82. The summed E-state index contributed by atoms with van der Waals surface area (Å²) in [4.78, 5) is 26.8. The molecule has 0 spiro atoms. The van der Waals surface area contributed by atoms with Crippen LogP contribution in [0, 0.1) is 0 Å². The summed E-state index contributed by atoms with van der Waals surface area (Å²) in [5.41, 5.74) is -0.352. The van der Waals surface area contributed by atoms with Crippen molar-refractivity contribution in [2.24, 2.45) is 0 Å². The first-order chi connectivity index (χ1) is 12.5. The fourth-order valence-electron chi connectivity index (χ4n) is 3.88. The largest absolute Gasteiger partial charge is 0.467 e. The van der Waals surface area contributed by atoms with E-state index in [1.807, 2.05) is 0 Å². The van der Waals surface area contributed by atoms with E-state index in [-0.39, 0.29) is 12.3 Å². The van der Waals surface area contributed by atoms with Crippen molar-refractivity contribution in [1.29, 1.82) is 0 Å². The number of unbranched alkanes of at least 4 members (excludes halogenated alkanes) is 1. The Morgan fingerprint density at radius 3 is 2.65 bits per heavy atom. The van der Waals surface area contributed by atoms with Gasteiger partial charge in [0.1, 0.15) is 6.10 Å². The molecule has 7 nitrogen and oxygen atoms in total. The van der Waals surface area contributed by atoms with E-state index in [0.29, 0.717) is 17.9 Å². The normalized spacial score (nSPS) is 29.4. The lowest BCUT2D eigenvalue weighted by atomic mass is 9.87. The highest BCUT2D eigenvalue weighted by Crippen LogP contribution is 2.56. The van der Waals surface area contributed by atoms with Crippen LogP contribution in [0.15, 0.2) is 24.3 Å². The lowest BCUT2D eigenvalue weighted by Gasteiger charge is -2.45. The van der Waals surface area contributed by atoms with E-state index in [1.165, 1.54) is 26.0 Å². The van der Waals surface area contributed by atoms with E-state index < -0.39 is 23.6 Å². The van der Waals surface area contributed by atoms with Gasteiger partial charge in [0.05, 0.1) is 19.2 Å². The van der Waals surface area contributed by atoms with Crippen LogP contribution in [0.1, 0.15) is 38.7 Å². The molecule has 2 bridgehead atoms. The smallest absolute Gasteiger partial charge is 0.345 e. The van der Waals surface area contributed by atoms with E-state index in [2.05, 4.69) is 6.92 Å². The zero-order valence-electron chi connectivity index (χ0n) is 15.6. The number of hydrogen-bond acceptors (Lipinski definition) is 6. The van der Waals surface area contributed by atoms with E-state index in [9.17, 15) is 9.59 Å². The number of rotatable bonds is 6. The Labute approximate surface area is 153 Å². The zero-order valence-corrected chi connectivity index (χ0v) is 15.6. The molecule has 142 valence electrons. The van der Waals surface area contributed by atoms with E-state index in [4.69, 9.17) is 18.9 Å². The second-order valence-corrected chi connectivity index (χ2v) is 6.53. The quantitative estimate of drug-likeness (QED) is 0.570. The number of carbonyl (C=O) groups is 2. The molecule has 1 fully saturated rings. The molecule has 3 atom stereocenters. The van der Waals surface area contributed by atoms with Crippen molar-refractivity contribution in [2.45, 2.75) is 50.7 Å². The SMILES string of the molecule is CCCCOC1CC2(OC)OC1(C(=O)OC)c1ccccc1N2C(C)=O. The average Bonchev–Trinajstić information content (AvgIpc) is 2.93. The molecule has 1 amide bonds. The van der Waals surface area contributed by atoms with Gasteiger partial charge in [-0.1, -0.05) is 31.5 Å². The van der Waals surface area contributed by atoms with Crippen molar-refractivity contribution in [1.82, 2.24) is 0 Å². The summed E-state index contributed by atoms with van der Waals surface area (Å²) in [6.07, 6.45) is 1.39. The lowest BCUT2D eigenvalue weighted by molar-refractivity contribution is -0.255. The second-order valence-electron chi connectivity index (χ2n) is 6.53. The number of esters is 1. The van der Waals surface area contributed by atoms with E-state index in [1.54, 1.807) is 24.3 Å². The summed E-state index contributed by atoms with van der Waals surface area (Å²) < 4.78 is 23.0. The third-order valence-corrected chi connectivity index (χ3v) is 5.04. The fraction of sp³-hybridized carbons (Fsp3) is 0.579. The molecule has 1 saturated heterocycles. The molecule has 26 heavy (non-hydrogen) atoms. The molecule has 0 saturated carbocycles. The highest BCUT2D eigenvalue weighted by molar-refractivity contribution is 5.97. The number of anilines is 1. The molecule has 2 aliphatic heterocycles. The number of para-hydroxylation sites is 1. The van der Waals surface area contributed by atoms with Crippen molar-refractivity contribution in [2.75, 3.05) is 25.7 Å². The van der Waals surface area contributed by atoms with Crippen molar-refractivity contribution in [3.05, 3.63) is 29.8 Å². The highest BCUT2D eigenvalue weighted by atomic mass is 16.8. The van der Waals surface area contributed by atoms with E-state index in [0.717, 1.165) is 12.8 Å². The number of benzene rings is 1.